The van der Waals surface area contributed by atoms with Gasteiger partial charge in [-0.1, -0.05) is 36.9 Å². The molecule has 86 valence electrons. The van der Waals surface area contributed by atoms with E-state index in [9.17, 15) is 0 Å². The largest absolute Gasteiger partial charge is 0.488 e. The van der Waals surface area contributed by atoms with Crippen LogP contribution in [0.5, 0.6) is 0 Å². The van der Waals surface area contributed by atoms with Gasteiger partial charge in [-0.15, -0.1) is 0 Å². The molecular weight excluding hydrogens is 215 g/mol. The molecule has 1 aromatic heterocycles. The predicted molar refractivity (Wildman–Crippen MR) is 70.1 cm³/mol. The molecule has 0 spiro atoms. The Kier molecular flexibility index (Phi) is 3.18. The first-order valence-electron chi connectivity index (χ1n) is 5.34. The first kappa shape index (κ1) is 11.7. The topological polar surface area (TPSA) is 53.6 Å². The number of hydrogen-bond donors (Lipinski definition) is 2. The third-order valence-electron chi connectivity index (χ3n) is 2.58. The summed E-state index contributed by atoms with van der Waals surface area (Å²) in [6.07, 6.45) is 5.75. The minimum atomic E-state index is -1.49. The third-order valence-corrected chi connectivity index (χ3v) is 2.58. The number of hydrogen-bond acceptors (Lipinski definition) is 3. The lowest BCUT2D eigenvalue weighted by molar-refractivity contribution is 0.425. The second-order valence-electron chi connectivity index (χ2n) is 3.76. The number of allylic oxidation sites excluding steroid dienone is 2. The van der Waals surface area contributed by atoms with E-state index in [0.29, 0.717) is 16.5 Å². The summed E-state index contributed by atoms with van der Waals surface area (Å²) in [7, 11) is -1.49. The Hall–Kier alpha value is -1.78. The number of furan rings is 1. The molecule has 3 nitrogen and oxygen atoms in total. The van der Waals surface area contributed by atoms with Crippen molar-refractivity contribution < 1.29 is 14.5 Å². The maximum Gasteiger partial charge on any atom is 0.488 e. The van der Waals surface area contributed by atoms with Crippen LogP contribution in [0.3, 0.4) is 0 Å². The van der Waals surface area contributed by atoms with Crippen molar-refractivity contribution in [3.63, 3.8) is 0 Å². The molecule has 0 bridgehead atoms. The van der Waals surface area contributed by atoms with Crippen LogP contribution in [0.4, 0.5) is 0 Å². The molecule has 2 aromatic rings. The van der Waals surface area contributed by atoms with Crippen molar-refractivity contribution in [2.24, 2.45) is 0 Å². The smallest absolute Gasteiger partial charge is 0.457 e. The quantitative estimate of drug-likeness (QED) is 0.704. The van der Waals surface area contributed by atoms with Gasteiger partial charge in [-0.25, -0.2) is 0 Å². The SMILES string of the molecule is C=c1oc2cc(B(O)O)ccc2/c1=C/C=C\C. The normalized spacial score (nSPS) is 12.8. The molecule has 0 fully saturated rings. The maximum atomic E-state index is 9.08. The molecule has 0 atom stereocenters. The highest BCUT2D eigenvalue weighted by atomic mass is 16.4. The second kappa shape index (κ2) is 4.61. The van der Waals surface area contributed by atoms with E-state index in [1.807, 2.05) is 25.2 Å². The third kappa shape index (κ3) is 2.18. The van der Waals surface area contributed by atoms with Crippen LogP contribution in [0.25, 0.3) is 23.6 Å². The van der Waals surface area contributed by atoms with Gasteiger partial charge in [-0.05, 0) is 18.5 Å². The van der Waals surface area contributed by atoms with Gasteiger partial charge in [0.05, 0.1) is 0 Å². The van der Waals surface area contributed by atoms with E-state index in [4.69, 9.17) is 14.5 Å². The van der Waals surface area contributed by atoms with Crippen molar-refractivity contribution in [3.8, 4) is 0 Å². The highest BCUT2D eigenvalue weighted by molar-refractivity contribution is 6.58. The van der Waals surface area contributed by atoms with Crippen molar-refractivity contribution in [2.45, 2.75) is 6.92 Å². The molecule has 0 amide bonds. The summed E-state index contributed by atoms with van der Waals surface area (Å²) >= 11 is 0. The molecule has 0 aliphatic heterocycles. The molecular formula is C13H13BO3. The highest BCUT2D eigenvalue weighted by Crippen LogP contribution is 2.05. The molecule has 4 heteroatoms. The molecule has 1 aromatic carbocycles. The Balaban J connectivity index is 2.73. The second-order valence-corrected chi connectivity index (χ2v) is 3.76. The van der Waals surface area contributed by atoms with Crippen LogP contribution < -0.4 is 16.1 Å². The zero-order valence-corrected chi connectivity index (χ0v) is 9.55. The number of rotatable bonds is 2. The molecule has 0 saturated heterocycles. The van der Waals surface area contributed by atoms with E-state index >= 15 is 0 Å². The molecule has 1 heterocycles. The number of fused-ring (bicyclic) bond motifs is 1. The summed E-state index contributed by atoms with van der Waals surface area (Å²) in [5.74, 6) is 0. The Bertz CT molecular complexity index is 668. The van der Waals surface area contributed by atoms with Gasteiger partial charge in [0.15, 0.2) is 0 Å². The van der Waals surface area contributed by atoms with E-state index in [1.54, 1.807) is 18.2 Å². The Morgan fingerprint density at radius 1 is 1.35 bits per heavy atom. The summed E-state index contributed by atoms with van der Waals surface area (Å²) in [4.78, 5) is 0. The molecule has 2 rings (SSSR count). The average Bonchev–Trinajstić information content (AvgIpc) is 2.61. The lowest BCUT2D eigenvalue weighted by atomic mass is 9.80. The standard InChI is InChI=1S/C13H13BO3/c1-3-4-5-11-9(2)17-13-8-10(14(15)16)6-7-12(11)13/h3-8,15-16H,2H2,1H3/b4-3-,11-5+. The molecule has 0 aliphatic carbocycles. The fraction of sp³-hybridized carbons (Fsp3) is 0.0769. The summed E-state index contributed by atoms with van der Waals surface area (Å²) in [5, 5.41) is 20.0. The van der Waals surface area contributed by atoms with Crippen LogP contribution in [0.15, 0.2) is 34.8 Å². The summed E-state index contributed by atoms with van der Waals surface area (Å²) in [6.45, 7) is 5.76. The monoisotopic (exact) mass is 228 g/mol. The van der Waals surface area contributed by atoms with E-state index in [2.05, 4.69) is 6.58 Å². The Morgan fingerprint density at radius 3 is 2.76 bits per heavy atom. The maximum absolute atomic E-state index is 9.08. The lowest BCUT2D eigenvalue weighted by Crippen LogP contribution is -2.29. The summed E-state index contributed by atoms with van der Waals surface area (Å²) in [5.41, 5.74) is 1.59. The van der Waals surface area contributed by atoms with Gasteiger partial charge in [0.25, 0.3) is 0 Å². The van der Waals surface area contributed by atoms with E-state index in [1.165, 1.54) is 0 Å². The predicted octanol–water partition coefficient (Wildman–Crippen LogP) is -0.121. The van der Waals surface area contributed by atoms with Gasteiger partial charge in [0.1, 0.15) is 11.0 Å². The van der Waals surface area contributed by atoms with Crippen LogP contribution in [0.1, 0.15) is 6.92 Å². The van der Waals surface area contributed by atoms with E-state index < -0.39 is 7.12 Å². The number of benzene rings is 1. The molecule has 2 N–H and O–H groups in total. The average molecular weight is 228 g/mol. The van der Waals surface area contributed by atoms with Gasteiger partial charge in [-0.2, -0.15) is 0 Å². The van der Waals surface area contributed by atoms with Crippen LogP contribution in [-0.2, 0) is 0 Å². The zero-order chi connectivity index (χ0) is 12.4. The van der Waals surface area contributed by atoms with Crippen LogP contribution in [0, 0.1) is 0 Å². The van der Waals surface area contributed by atoms with Gasteiger partial charge in [0, 0.05) is 10.6 Å². The van der Waals surface area contributed by atoms with Crippen LogP contribution >= 0.6 is 0 Å². The molecule has 17 heavy (non-hydrogen) atoms. The van der Waals surface area contributed by atoms with Gasteiger partial charge in [-0.3, -0.25) is 0 Å². The Labute approximate surface area is 99.1 Å². The minimum Gasteiger partial charge on any atom is -0.457 e. The zero-order valence-electron chi connectivity index (χ0n) is 9.55. The van der Waals surface area contributed by atoms with Gasteiger partial charge >= 0.3 is 7.12 Å². The highest BCUT2D eigenvalue weighted by Gasteiger charge is 2.12. The van der Waals surface area contributed by atoms with Crippen molar-refractivity contribution in [3.05, 3.63) is 41.0 Å². The van der Waals surface area contributed by atoms with E-state index in [0.717, 1.165) is 10.6 Å². The van der Waals surface area contributed by atoms with Crippen LogP contribution in [0.2, 0.25) is 0 Å². The van der Waals surface area contributed by atoms with Crippen molar-refractivity contribution in [1.82, 2.24) is 0 Å². The lowest BCUT2D eigenvalue weighted by Gasteiger charge is -1.97. The fourth-order valence-electron chi connectivity index (χ4n) is 1.72. The van der Waals surface area contributed by atoms with Crippen molar-refractivity contribution in [2.75, 3.05) is 0 Å². The molecule has 0 aliphatic rings. The minimum absolute atomic E-state index is 0.406. The summed E-state index contributed by atoms with van der Waals surface area (Å²) < 4.78 is 5.49. The van der Waals surface area contributed by atoms with Crippen LogP contribution in [-0.4, -0.2) is 17.2 Å². The Morgan fingerprint density at radius 2 is 2.12 bits per heavy atom. The van der Waals surface area contributed by atoms with Gasteiger partial charge in [0.2, 0.25) is 0 Å². The van der Waals surface area contributed by atoms with E-state index in [-0.39, 0.29) is 0 Å². The summed E-state index contributed by atoms with van der Waals surface area (Å²) in [6, 6.07) is 5.08. The first-order chi connectivity index (χ1) is 8.13. The molecule has 0 saturated carbocycles. The van der Waals surface area contributed by atoms with Gasteiger partial charge < -0.3 is 14.5 Å². The fourth-order valence-corrected chi connectivity index (χ4v) is 1.72. The first-order valence-corrected chi connectivity index (χ1v) is 5.34. The molecule has 0 radical (unpaired) electrons. The van der Waals surface area contributed by atoms with Crippen molar-refractivity contribution >= 4 is 36.2 Å². The molecule has 0 unspecified atom stereocenters. The van der Waals surface area contributed by atoms with Crippen molar-refractivity contribution in [1.29, 1.82) is 0 Å².